The standard InChI is InChI=1S/C29H33FN2O4/c1-34-26-18-21(19-27(35-2)29(26)36-3)7-12-28(33)32-15-13-31(14-16-32)20-22-5-4-6-24(17-22)23-8-10-25(30)11-9-23/h4-6,8-11,17-19H,7,12-16,20H2,1-3H3. The third kappa shape index (κ3) is 6.15. The minimum Gasteiger partial charge on any atom is -0.493 e. The summed E-state index contributed by atoms with van der Waals surface area (Å²) in [5, 5.41) is 0. The minimum atomic E-state index is -0.231. The van der Waals surface area contributed by atoms with Crippen LogP contribution in [0, 0.1) is 5.82 Å². The van der Waals surface area contributed by atoms with Crippen LogP contribution in [0.4, 0.5) is 4.39 Å². The summed E-state index contributed by atoms with van der Waals surface area (Å²) in [6, 6.07) is 18.7. The van der Waals surface area contributed by atoms with Crippen molar-refractivity contribution in [3.8, 4) is 28.4 Å². The first kappa shape index (κ1) is 25.5. The fourth-order valence-electron chi connectivity index (χ4n) is 4.59. The lowest BCUT2D eigenvalue weighted by atomic mass is 10.0. The van der Waals surface area contributed by atoms with Crippen molar-refractivity contribution >= 4 is 5.91 Å². The van der Waals surface area contributed by atoms with Crippen LogP contribution >= 0.6 is 0 Å². The molecule has 7 heteroatoms. The molecule has 0 N–H and O–H groups in total. The largest absolute Gasteiger partial charge is 0.493 e. The Kier molecular flexibility index (Phi) is 8.44. The predicted octanol–water partition coefficient (Wildman–Crippen LogP) is 4.80. The first-order chi connectivity index (χ1) is 17.5. The number of carbonyl (C=O) groups is 1. The highest BCUT2D eigenvalue weighted by molar-refractivity contribution is 5.76. The van der Waals surface area contributed by atoms with Crippen molar-refractivity contribution < 1.29 is 23.4 Å². The number of piperazine rings is 1. The maximum Gasteiger partial charge on any atom is 0.222 e. The molecule has 0 atom stereocenters. The van der Waals surface area contributed by atoms with Gasteiger partial charge in [0.1, 0.15) is 5.82 Å². The van der Waals surface area contributed by atoms with E-state index in [1.54, 1.807) is 33.5 Å². The van der Waals surface area contributed by atoms with E-state index in [2.05, 4.69) is 17.0 Å². The fraction of sp³-hybridized carbons (Fsp3) is 0.345. The molecule has 0 spiro atoms. The lowest BCUT2D eigenvalue weighted by molar-refractivity contribution is -0.133. The van der Waals surface area contributed by atoms with E-state index >= 15 is 0 Å². The second-order valence-electron chi connectivity index (χ2n) is 8.90. The maximum atomic E-state index is 13.3. The molecule has 4 rings (SSSR count). The van der Waals surface area contributed by atoms with Crippen LogP contribution in [0.1, 0.15) is 17.5 Å². The van der Waals surface area contributed by atoms with E-state index in [1.165, 1.54) is 17.7 Å². The number of ether oxygens (including phenoxy) is 3. The Morgan fingerprint density at radius 3 is 2.08 bits per heavy atom. The smallest absolute Gasteiger partial charge is 0.222 e. The third-order valence-corrected chi connectivity index (χ3v) is 6.59. The molecule has 0 aliphatic carbocycles. The Bertz CT molecular complexity index is 1150. The number of rotatable bonds is 9. The van der Waals surface area contributed by atoms with Gasteiger partial charge < -0.3 is 19.1 Å². The van der Waals surface area contributed by atoms with E-state index in [9.17, 15) is 9.18 Å². The van der Waals surface area contributed by atoms with Crippen molar-refractivity contribution in [1.29, 1.82) is 0 Å². The highest BCUT2D eigenvalue weighted by atomic mass is 19.1. The van der Waals surface area contributed by atoms with Crippen molar-refractivity contribution in [2.24, 2.45) is 0 Å². The molecular weight excluding hydrogens is 459 g/mol. The van der Waals surface area contributed by atoms with Crippen molar-refractivity contribution in [2.75, 3.05) is 47.5 Å². The van der Waals surface area contributed by atoms with E-state index in [-0.39, 0.29) is 11.7 Å². The summed E-state index contributed by atoms with van der Waals surface area (Å²) in [4.78, 5) is 17.2. The van der Waals surface area contributed by atoms with Crippen molar-refractivity contribution in [3.05, 3.63) is 77.6 Å². The minimum absolute atomic E-state index is 0.154. The van der Waals surface area contributed by atoms with E-state index in [4.69, 9.17) is 14.2 Å². The molecule has 1 fully saturated rings. The van der Waals surface area contributed by atoms with Crippen LogP contribution in [-0.2, 0) is 17.8 Å². The van der Waals surface area contributed by atoms with Gasteiger partial charge in [-0.05, 0) is 59.0 Å². The van der Waals surface area contributed by atoms with Crippen molar-refractivity contribution in [2.45, 2.75) is 19.4 Å². The Morgan fingerprint density at radius 1 is 0.806 bits per heavy atom. The normalized spacial score (nSPS) is 13.9. The van der Waals surface area contributed by atoms with Gasteiger partial charge in [0, 0.05) is 39.1 Å². The van der Waals surface area contributed by atoms with Crippen LogP contribution < -0.4 is 14.2 Å². The number of hydrogen-bond donors (Lipinski definition) is 0. The molecule has 190 valence electrons. The van der Waals surface area contributed by atoms with Gasteiger partial charge in [0.25, 0.3) is 0 Å². The van der Waals surface area contributed by atoms with Crippen LogP contribution in [0.15, 0.2) is 60.7 Å². The first-order valence-corrected chi connectivity index (χ1v) is 12.1. The van der Waals surface area contributed by atoms with Gasteiger partial charge in [0.15, 0.2) is 11.5 Å². The maximum absolute atomic E-state index is 13.3. The molecule has 1 heterocycles. The predicted molar refractivity (Wildman–Crippen MR) is 138 cm³/mol. The lowest BCUT2D eigenvalue weighted by Crippen LogP contribution is -2.48. The van der Waals surface area contributed by atoms with Crippen LogP contribution in [-0.4, -0.2) is 63.2 Å². The van der Waals surface area contributed by atoms with Crippen LogP contribution in [0.5, 0.6) is 17.2 Å². The molecule has 0 bridgehead atoms. The van der Waals surface area contributed by atoms with Gasteiger partial charge in [-0.1, -0.05) is 30.3 Å². The molecule has 36 heavy (non-hydrogen) atoms. The summed E-state index contributed by atoms with van der Waals surface area (Å²) >= 11 is 0. The van der Waals surface area contributed by atoms with Crippen LogP contribution in [0.2, 0.25) is 0 Å². The van der Waals surface area contributed by atoms with Crippen molar-refractivity contribution in [3.63, 3.8) is 0 Å². The molecule has 0 unspecified atom stereocenters. The first-order valence-electron chi connectivity index (χ1n) is 12.1. The van der Waals surface area contributed by atoms with Gasteiger partial charge in [-0.15, -0.1) is 0 Å². The fourth-order valence-corrected chi connectivity index (χ4v) is 4.59. The topological polar surface area (TPSA) is 51.2 Å². The van der Waals surface area contributed by atoms with Gasteiger partial charge >= 0.3 is 0 Å². The summed E-state index contributed by atoms with van der Waals surface area (Å²) in [6.07, 6.45) is 1.03. The van der Waals surface area contributed by atoms with Gasteiger partial charge in [0.2, 0.25) is 11.7 Å². The Morgan fingerprint density at radius 2 is 1.47 bits per heavy atom. The molecule has 0 saturated carbocycles. The average molecular weight is 493 g/mol. The van der Waals surface area contributed by atoms with E-state index in [0.29, 0.717) is 43.2 Å². The SMILES string of the molecule is COc1cc(CCC(=O)N2CCN(Cc3cccc(-c4ccc(F)cc4)c3)CC2)cc(OC)c1OC. The number of carbonyl (C=O) groups excluding carboxylic acids is 1. The highest BCUT2D eigenvalue weighted by Gasteiger charge is 2.22. The number of nitrogens with zero attached hydrogens (tertiary/aromatic N) is 2. The van der Waals surface area contributed by atoms with Gasteiger partial charge in [-0.3, -0.25) is 9.69 Å². The van der Waals surface area contributed by atoms with Crippen LogP contribution in [0.25, 0.3) is 11.1 Å². The van der Waals surface area contributed by atoms with Crippen molar-refractivity contribution in [1.82, 2.24) is 9.80 Å². The number of hydrogen-bond acceptors (Lipinski definition) is 5. The number of halogens is 1. The molecule has 1 saturated heterocycles. The number of aryl methyl sites for hydroxylation is 1. The average Bonchev–Trinajstić information content (AvgIpc) is 2.92. The molecule has 0 aromatic heterocycles. The zero-order valence-corrected chi connectivity index (χ0v) is 21.1. The summed E-state index contributed by atoms with van der Waals surface area (Å²) in [5.41, 5.74) is 4.25. The van der Waals surface area contributed by atoms with Gasteiger partial charge in [0.05, 0.1) is 21.3 Å². The molecule has 1 aliphatic rings. The summed E-state index contributed by atoms with van der Waals surface area (Å²) in [6.45, 7) is 3.91. The van der Waals surface area contributed by atoms with Gasteiger partial charge in [-0.2, -0.15) is 0 Å². The highest BCUT2D eigenvalue weighted by Crippen LogP contribution is 2.38. The zero-order valence-electron chi connectivity index (χ0n) is 21.1. The summed E-state index contributed by atoms with van der Waals surface area (Å²) in [5.74, 6) is 1.66. The summed E-state index contributed by atoms with van der Waals surface area (Å²) < 4.78 is 29.5. The lowest BCUT2D eigenvalue weighted by Gasteiger charge is -2.35. The summed E-state index contributed by atoms with van der Waals surface area (Å²) in [7, 11) is 4.75. The van der Waals surface area contributed by atoms with E-state index < -0.39 is 0 Å². The number of benzene rings is 3. The molecule has 3 aromatic carbocycles. The number of amides is 1. The second-order valence-corrected chi connectivity index (χ2v) is 8.90. The molecule has 6 nitrogen and oxygen atoms in total. The quantitative estimate of drug-likeness (QED) is 0.430. The molecule has 3 aromatic rings. The Labute approximate surface area is 212 Å². The Hall–Kier alpha value is -3.58. The Balaban J connectivity index is 1.29. The molecular formula is C29H33FN2O4. The van der Waals surface area contributed by atoms with E-state index in [0.717, 1.165) is 36.3 Å². The zero-order chi connectivity index (χ0) is 25.5. The molecule has 0 radical (unpaired) electrons. The molecule has 1 amide bonds. The monoisotopic (exact) mass is 492 g/mol. The second kappa shape index (κ2) is 11.9. The van der Waals surface area contributed by atoms with Crippen LogP contribution in [0.3, 0.4) is 0 Å². The van der Waals surface area contributed by atoms with E-state index in [1.807, 2.05) is 29.2 Å². The van der Waals surface area contributed by atoms with Gasteiger partial charge in [-0.25, -0.2) is 4.39 Å². The molecule has 1 aliphatic heterocycles. The third-order valence-electron chi connectivity index (χ3n) is 6.59. The number of methoxy groups -OCH3 is 3.